The fourth-order valence-corrected chi connectivity index (χ4v) is 4.02. The maximum atomic E-state index is 12.8. The molecule has 25 heavy (non-hydrogen) atoms. The summed E-state index contributed by atoms with van der Waals surface area (Å²) in [6.07, 6.45) is 3.44. The van der Waals surface area contributed by atoms with Gasteiger partial charge in [-0.25, -0.2) is 4.68 Å². The first-order valence-corrected chi connectivity index (χ1v) is 9.43. The van der Waals surface area contributed by atoms with E-state index in [2.05, 4.69) is 24.3 Å². The minimum atomic E-state index is -0.104. The first-order chi connectivity index (χ1) is 12.0. The van der Waals surface area contributed by atoms with Gasteiger partial charge in [0.1, 0.15) is 5.15 Å². The Morgan fingerprint density at radius 2 is 2.00 bits per heavy atom. The van der Waals surface area contributed by atoms with Crippen molar-refractivity contribution < 1.29 is 4.79 Å². The number of benzene rings is 1. The van der Waals surface area contributed by atoms with E-state index in [-0.39, 0.29) is 11.9 Å². The van der Waals surface area contributed by atoms with Crippen LogP contribution >= 0.6 is 11.6 Å². The number of carbonyl (C=O) groups is 1. The van der Waals surface area contributed by atoms with Crippen LogP contribution in [0.1, 0.15) is 54.7 Å². The predicted octanol–water partition coefficient (Wildman–Crippen LogP) is 4.45. The third kappa shape index (κ3) is 3.90. The number of amides is 1. The lowest BCUT2D eigenvalue weighted by atomic mass is 9.78. The largest absolute Gasteiger partial charge is 0.349 e. The Labute approximate surface area is 154 Å². The van der Waals surface area contributed by atoms with Crippen molar-refractivity contribution >= 4 is 17.5 Å². The fourth-order valence-electron chi connectivity index (χ4n) is 3.70. The lowest BCUT2D eigenvalue weighted by Crippen LogP contribution is -2.43. The van der Waals surface area contributed by atoms with Crippen molar-refractivity contribution in [3.05, 3.63) is 52.3 Å². The van der Waals surface area contributed by atoms with Crippen molar-refractivity contribution in [2.75, 3.05) is 0 Å². The molecule has 0 bridgehead atoms. The van der Waals surface area contributed by atoms with Gasteiger partial charge >= 0.3 is 0 Å². The minimum absolute atomic E-state index is 0.104. The highest BCUT2D eigenvalue weighted by Crippen LogP contribution is 2.30. The summed E-state index contributed by atoms with van der Waals surface area (Å²) in [5.74, 6) is 1.01. The van der Waals surface area contributed by atoms with Crippen LogP contribution in [0.5, 0.6) is 0 Å². The van der Waals surface area contributed by atoms with Crippen LogP contribution in [0, 0.1) is 18.8 Å². The van der Waals surface area contributed by atoms with Crippen molar-refractivity contribution in [2.24, 2.45) is 11.8 Å². The summed E-state index contributed by atoms with van der Waals surface area (Å²) >= 11 is 6.50. The molecule has 1 saturated carbocycles. The number of hydrogen-bond donors (Lipinski definition) is 1. The average molecular weight is 360 g/mol. The molecular weight excluding hydrogens is 334 g/mol. The van der Waals surface area contributed by atoms with Gasteiger partial charge in [0.2, 0.25) is 0 Å². The zero-order valence-electron chi connectivity index (χ0n) is 15.1. The molecule has 1 aliphatic rings. The Morgan fingerprint density at radius 1 is 1.28 bits per heavy atom. The van der Waals surface area contributed by atoms with Crippen LogP contribution in [0.25, 0.3) is 0 Å². The molecule has 1 heterocycles. The standard InChI is InChI=1S/C20H26ClN3O/c1-13-8-7-11-17(14(13)2)22-20(25)18-15(3)23-24(19(18)21)12-16-9-5-4-6-10-16/h4-6,9-10,13-14,17H,7-8,11-12H2,1-3H3,(H,22,25). The smallest absolute Gasteiger partial charge is 0.256 e. The van der Waals surface area contributed by atoms with E-state index in [1.165, 1.54) is 6.42 Å². The van der Waals surface area contributed by atoms with Gasteiger partial charge in [0, 0.05) is 6.04 Å². The predicted molar refractivity (Wildman–Crippen MR) is 101 cm³/mol. The SMILES string of the molecule is Cc1nn(Cc2ccccc2)c(Cl)c1C(=O)NC1CCCC(C)C1C. The Hall–Kier alpha value is -1.81. The summed E-state index contributed by atoms with van der Waals surface area (Å²) in [5.41, 5.74) is 2.28. The topological polar surface area (TPSA) is 46.9 Å². The zero-order valence-corrected chi connectivity index (χ0v) is 15.9. The van der Waals surface area contributed by atoms with E-state index in [0.29, 0.717) is 34.8 Å². The average Bonchev–Trinajstić information content (AvgIpc) is 2.86. The molecule has 1 N–H and O–H groups in total. The molecule has 3 unspecified atom stereocenters. The fraction of sp³-hybridized carbons (Fsp3) is 0.500. The highest BCUT2D eigenvalue weighted by atomic mass is 35.5. The molecule has 5 heteroatoms. The highest BCUT2D eigenvalue weighted by Gasteiger charge is 2.30. The molecule has 2 aromatic rings. The molecule has 1 fully saturated rings. The monoisotopic (exact) mass is 359 g/mol. The Kier molecular flexibility index (Phi) is 5.48. The second kappa shape index (κ2) is 7.61. The molecular formula is C20H26ClN3O. The van der Waals surface area contributed by atoms with Gasteiger partial charge in [0.15, 0.2) is 0 Å². The maximum Gasteiger partial charge on any atom is 0.256 e. The number of rotatable bonds is 4. The number of aryl methyl sites for hydroxylation is 1. The van der Waals surface area contributed by atoms with Crippen molar-refractivity contribution in [1.82, 2.24) is 15.1 Å². The molecule has 1 aromatic carbocycles. The van der Waals surface area contributed by atoms with Crippen LogP contribution < -0.4 is 5.32 Å². The second-order valence-corrected chi connectivity index (χ2v) is 7.60. The summed E-state index contributed by atoms with van der Waals surface area (Å²) in [5, 5.41) is 8.09. The van der Waals surface area contributed by atoms with Crippen LogP contribution in [-0.4, -0.2) is 21.7 Å². The van der Waals surface area contributed by atoms with Crippen molar-refractivity contribution in [1.29, 1.82) is 0 Å². The number of halogens is 1. The molecule has 4 nitrogen and oxygen atoms in total. The third-order valence-corrected chi connectivity index (χ3v) is 5.88. The van der Waals surface area contributed by atoms with Crippen LogP contribution in [0.2, 0.25) is 5.15 Å². The molecule has 1 aliphatic carbocycles. The summed E-state index contributed by atoms with van der Waals surface area (Å²) in [6, 6.07) is 10.2. The Morgan fingerprint density at radius 3 is 2.72 bits per heavy atom. The number of nitrogens with one attached hydrogen (secondary N) is 1. The van der Waals surface area contributed by atoms with Crippen LogP contribution in [0.3, 0.4) is 0 Å². The van der Waals surface area contributed by atoms with E-state index in [4.69, 9.17) is 11.6 Å². The molecule has 134 valence electrons. The van der Waals surface area contributed by atoms with Crippen LogP contribution in [0.15, 0.2) is 30.3 Å². The van der Waals surface area contributed by atoms with Crippen LogP contribution in [0.4, 0.5) is 0 Å². The maximum absolute atomic E-state index is 12.8. The second-order valence-electron chi connectivity index (χ2n) is 7.24. The lowest BCUT2D eigenvalue weighted by molar-refractivity contribution is 0.0890. The number of hydrogen-bond acceptors (Lipinski definition) is 2. The first-order valence-electron chi connectivity index (χ1n) is 9.05. The van der Waals surface area contributed by atoms with E-state index < -0.39 is 0 Å². The van der Waals surface area contributed by atoms with Gasteiger partial charge in [-0.2, -0.15) is 5.10 Å². The highest BCUT2D eigenvalue weighted by molar-refractivity contribution is 6.33. The molecule has 3 atom stereocenters. The summed E-state index contributed by atoms with van der Waals surface area (Å²) in [6.45, 7) is 6.89. The van der Waals surface area contributed by atoms with E-state index in [1.54, 1.807) is 4.68 Å². The molecule has 0 radical (unpaired) electrons. The van der Waals surface area contributed by atoms with Gasteiger partial charge in [-0.05, 0) is 30.7 Å². The van der Waals surface area contributed by atoms with Gasteiger partial charge in [-0.1, -0.05) is 68.6 Å². The normalized spacial score (nSPS) is 23.4. The van der Waals surface area contributed by atoms with Crippen molar-refractivity contribution in [2.45, 2.75) is 52.6 Å². The zero-order chi connectivity index (χ0) is 18.0. The molecule has 1 aromatic heterocycles. The summed E-state index contributed by atoms with van der Waals surface area (Å²) < 4.78 is 1.70. The first kappa shape index (κ1) is 18.0. The molecule has 1 amide bonds. The van der Waals surface area contributed by atoms with E-state index in [1.807, 2.05) is 37.3 Å². The van der Waals surface area contributed by atoms with Gasteiger partial charge in [0.05, 0.1) is 17.8 Å². The van der Waals surface area contributed by atoms with Gasteiger partial charge < -0.3 is 5.32 Å². The Bertz CT molecular complexity index is 741. The molecule has 0 spiro atoms. The van der Waals surface area contributed by atoms with Crippen LogP contribution in [-0.2, 0) is 6.54 Å². The molecule has 0 aliphatic heterocycles. The molecule has 0 saturated heterocycles. The number of aromatic nitrogens is 2. The van der Waals surface area contributed by atoms with E-state index in [9.17, 15) is 4.79 Å². The molecule has 3 rings (SSSR count). The third-order valence-electron chi connectivity index (χ3n) is 5.49. The summed E-state index contributed by atoms with van der Waals surface area (Å²) in [7, 11) is 0. The Balaban J connectivity index is 1.77. The van der Waals surface area contributed by atoms with Gasteiger partial charge in [-0.3, -0.25) is 4.79 Å². The minimum Gasteiger partial charge on any atom is -0.349 e. The van der Waals surface area contributed by atoms with Crippen molar-refractivity contribution in [3.8, 4) is 0 Å². The van der Waals surface area contributed by atoms with E-state index in [0.717, 1.165) is 18.4 Å². The lowest BCUT2D eigenvalue weighted by Gasteiger charge is -2.34. The summed E-state index contributed by atoms with van der Waals surface area (Å²) in [4.78, 5) is 12.8. The van der Waals surface area contributed by atoms with Crippen molar-refractivity contribution in [3.63, 3.8) is 0 Å². The quantitative estimate of drug-likeness (QED) is 0.876. The number of carbonyl (C=O) groups excluding carboxylic acids is 1. The van der Waals surface area contributed by atoms with Gasteiger partial charge in [-0.15, -0.1) is 0 Å². The van der Waals surface area contributed by atoms with E-state index >= 15 is 0 Å². The van der Waals surface area contributed by atoms with Gasteiger partial charge in [0.25, 0.3) is 5.91 Å². The number of nitrogens with zero attached hydrogens (tertiary/aromatic N) is 2.